The van der Waals surface area contributed by atoms with E-state index in [1.807, 2.05) is 0 Å². The van der Waals surface area contributed by atoms with Crippen molar-refractivity contribution in [2.75, 3.05) is 13.2 Å². The van der Waals surface area contributed by atoms with Crippen molar-refractivity contribution in [3.05, 3.63) is 0 Å². The number of carboxylic acid groups (broad SMARTS) is 1. The molecule has 2 unspecified atom stereocenters. The lowest BCUT2D eigenvalue weighted by atomic mass is 10.0. The van der Waals surface area contributed by atoms with E-state index in [9.17, 15) is 19.2 Å². The molecule has 0 aliphatic rings. The SMILES string of the molecule is CCCCCCCCCCCCCC(=O)OC(CCCCCC)CCCCCCC(=O)NCC(=O)NC(CO)C(=O)O. The first-order chi connectivity index (χ1) is 20.3. The number of carbonyl (C=O) groups is 4. The Hall–Kier alpha value is -2.16. The van der Waals surface area contributed by atoms with E-state index in [4.69, 9.17) is 14.9 Å². The third kappa shape index (κ3) is 25.5. The molecular formula is C33H62N2O7. The number of ether oxygens (including phenoxy) is 1. The fourth-order valence-corrected chi connectivity index (χ4v) is 4.95. The highest BCUT2D eigenvalue weighted by molar-refractivity contribution is 5.87. The van der Waals surface area contributed by atoms with E-state index >= 15 is 0 Å². The minimum absolute atomic E-state index is 0.0302. The van der Waals surface area contributed by atoms with E-state index in [1.54, 1.807) is 0 Å². The Morgan fingerprint density at radius 3 is 1.57 bits per heavy atom. The second-order valence-corrected chi connectivity index (χ2v) is 11.6. The fraction of sp³-hybridized carbons (Fsp3) is 0.879. The Bertz CT molecular complexity index is 702. The largest absolute Gasteiger partial charge is 0.480 e. The highest BCUT2D eigenvalue weighted by Crippen LogP contribution is 2.18. The Kier molecular flexibility index (Phi) is 27.4. The number of carbonyl (C=O) groups excluding carboxylic acids is 3. The van der Waals surface area contributed by atoms with Crippen LogP contribution in [-0.4, -0.2) is 59.3 Å². The van der Waals surface area contributed by atoms with Crippen molar-refractivity contribution in [1.29, 1.82) is 0 Å². The average molecular weight is 599 g/mol. The molecule has 2 amide bonds. The second kappa shape index (κ2) is 28.9. The van der Waals surface area contributed by atoms with Crippen molar-refractivity contribution in [2.24, 2.45) is 0 Å². The molecule has 4 N–H and O–H groups in total. The van der Waals surface area contributed by atoms with E-state index in [-0.39, 0.29) is 30.9 Å². The summed E-state index contributed by atoms with van der Waals surface area (Å²) in [4.78, 5) is 47.0. The van der Waals surface area contributed by atoms with Crippen LogP contribution in [0.4, 0.5) is 0 Å². The van der Waals surface area contributed by atoms with Crippen LogP contribution in [0.15, 0.2) is 0 Å². The molecule has 0 aliphatic heterocycles. The smallest absolute Gasteiger partial charge is 0.328 e. The Morgan fingerprint density at radius 2 is 1.07 bits per heavy atom. The topological polar surface area (TPSA) is 142 Å². The standard InChI is InChI=1S/C33H62N2O7/c1-3-5-7-9-10-11-12-13-14-15-21-25-32(39)42-28(22-18-8-6-4-2)23-19-16-17-20-24-30(37)34-26-31(38)35-29(27-36)33(40)41/h28-29,36H,3-27H2,1-2H3,(H,34,37)(H,35,38)(H,40,41). The summed E-state index contributed by atoms with van der Waals surface area (Å²) in [5.74, 6) is -2.33. The van der Waals surface area contributed by atoms with Crippen molar-refractivity contribution >= 4 is 23.8 Å². The molecule has 0 aromatic rings. The van der Waals surface area contributed by atoms with Gasteiger partial charge in [-0.3, -0.25) is 14.4 Å². The number of aliphatic hydroxyl groups excluding tert-OH is 1. The number of aliphatic hydroxyl groups is 1. The van der Waals surface area contributed by atoms with Gasteiger partial charge in [0.2, 0.25) is 11.8 Å². The lowest BCUT2D eigenvalue weighted by Crippen LogP contribution is -2.47. The summed E-state index contributed by atoms with van der Waals surface area (Å²) < 4.78 is 5.88. The van der Waals surface area contributed by atoms with Crippen molar-refractivity contribution in [3.8, 4) is 0 Å². The third-order valence-electron chi connectivity index (χ3n) is 7.60. The zero-order valence-corrected chi connectivity index (χ0v) is 26.8. The molecule has 0 rings (SSSR count). The fourth-order valence-electron chi connectivity index (χ4n) is 4.95. The van der Waals surface area contributed by atoms with Gasteiger partial charge in [-0.2, -0.15) is 0 Å². The summed E-state index contributed by atoms with van der Waals surface area (Å²) in [6, 6.07) is -1.38. The van der Waals surface area contributed by atoms with Gasteiger partial charge in [0.1, 0.15) is 12.1 Å². The predicted molar refractivity (Wildman–Crippen MR) is 167 cm³/mol. The van der Waals surface area contributed by atoms with Crippen LogP contribution in [0.3, 0.4) is 0 Å². The van der Waals surface area contributed by atoms with Crippen molar-refractivity contribution in [3.63, 3.8) is 0 Å². The number of amides is 2. The summed E-state index contributed by atoms with van der Waals surface area (Å²) in [5, 5.41) is 22.4. The number of rotatable bonds is 30. The molecule has 0 bridgehead atoms. The van der Waals surface area contributed by atoms with Crippen LogP contribution < -0.4 is 10.6 Å². The van der Waals surface area contributed by atoms with Crippen LogP contribution in [-0.2, 0) is 23.9 Å². The Labute approximate surface area is 255 Å². The van der Waals surface area contributed by atoms with Crippen molar-refractivity contribution in [2.45, 2.75) is 174 Å². The summed E-state index contributed by atoms with van der Waals surface area (Å²) in [6.45, 7) is 3.39. The molecule has 0 aromatic heterocycles. The van der Waals surface area contributed by atoms with Crippen molar-refractivity contribution in [1.82, 2.24) is 10.6 Å². The van der Waals surface area contributed by atoms with Gasteiger partial charge in [-0.15, -0.1) is 0 Å². The lowest BCUT2D eigenvalue weighted by molar-refractivity contribution is -0.150. The van der Waals surface area contributed by atoms with Crippen LogP contribution >= 0.6 is 0 Å². The Balaban J connectivity index is 4.07. The second-order valence-electron chi connectivity index (χ2n) is 11.6. The van der Waals surface area contributed by atoms with Crippen LogP contribution in [0, 0.1) is 0 Å². The first-order valence-corrected chi connectivity index (χ1v) is 16.9. The minimum Gasteiger partial charge on any atom is -0.480 e. The molecule has 0 fully saturated rings. The Morgan fingerprint density at radius 1 is 0.619 bits per heavy atom. The van der Waals surface area contributed by atoms with Gasteiger partial charge < -0.3 is 25.6 Å². The van der Waals surface area contributed by atoms with E-state index in [0.29, 0.717) is 12.8 Å². The van der Waals surface area contributed by atoms with Gasteiger partial charge in [0, 0.05) is 12.8 Å². The van der Waals surface area contributed by atoms with Gasteiger partial charge in [-0.1, -0.05) is 110 Å². The normalized spacial score (nSPS) is 12.5. The van der Waals surface area contributed by atoms with Crippen molar-refractivity contribution < 1.29 is 34.1 Å². The van der Waals surface area contributed by atoms with E-state index < -0.39 is 24.5 Å². The summed E-state index contributed by atoms with van der Waals surface area (Å²) in [6.07, 6.45) is 24.4. The molecular weight excluding hydrogens is 536 g/mol. The van der Waals surface area contributed by atoms with Gasteiger partial charge in [0.15, 0.2) is 0 Å². The molecule has 0 aromatic carbocycles. The first-order valence-electron chi connectivity index (χ1n) is 16.9. The number of esters is 1. The quantitative estimate of drug-likeness (QED) is 0.0540. The zero-order valence-electron chi connectivity index (χ0n) is 26.8. The van der Waals surface area contributed by atoms with Crippen LogP contribution in [0.2, 0.25) is 0 Å². The lowest BCUT2D eigenvalue weighted by Gasteiger charge is -2.18. The minimum atomic E-state index is -1.38. The highest BCUT2D eigenvalue weighted by Gasteiger charge is 2.19. The monoisotopic (exact) mass is 598 g/mol. The predicted octanol–water partition coefficient (Wildman–Crippen LogP) is 6.59. The third-order valence-corrected chi connectivity index (χ3v) is 7.60. The summed E-state index contributed by atoms with van der Waals surface area (Å²) >= 11 is 0. The van der Waals surface area contributed by atoms with E-state index in [0.717, 1.165) is 57.8 Å². The molecule has 0 saturated heterocycles. The van der Waals surface area contributed by atoms with Gasteiger partial charge in [-0.05, 0) is 38.5 Å². The number of nitrogens with one attached hydrogen (secondary N) is 2. The number of carboxylic acids is 1. The van der Waals surface area contributed by atoms with E-state index in [2.05, 4.69) is 24.5 Å². The van der Waals surface area contributed by atoms with Crippen LogP contribution in [0.5, 0.6) is 0 Å². The molecule has 0 spiro atoms. The van der Waals surface area contributed by atoms with Gasteiger partial charge in [0.25, 0.3) is 0 Å². The number of aliphatic carboxylic acids is 1. The van der Waals surface area contributed by atoms with E-state index in [1.165, 1.54) is 70.6 Å². The average Bonchev–Trinajstić information content (AvgIpc) is 2.97. The van der Waals surface area contributed by atoms with Crippen LogP contribution in [0.25, 0.3) is 0 Å². The molecule has 9 nitrogen and oxygen atoms in total. The maximum absolute atomic E-state index is 12.5. The number of hydrogen-bond donors (Lipinski definition) is 4. The highest BCUT2D eigenvalue weighted by atomic mass is 16.5. The molecule has 246 valence electrons. The number of unbranched alkanes of at least 4 members (excludes halogenated alkanes) is 16. The van der Waals surface area contributed by atoms with Gasteiger partial charge in [0.05, 0.1) is 13.2 Å². The molecule has 0 heterocycles. The van der Waals surface area contributed by atoms with Gasteiger partial charge >= 0.3 is 11.9 Å². The maximum Gasteiger partial charge on any atom is 0.328 e. The molecule has 9 heteroatoms. The molecule has 0 aliphatic carbocycles. The molecule has 0 radical (unpaired) electrons. The number of hydrogen-bond acceptors (Lipinski definition) is 6. The molecule has 0 saturated carbocycles. The maximum atomic E-state index is 12.5. The summed E-state index contributed by atoms with van der Waals surface area (Å²) in [5.41, 5.74) is 0. The van der Waals surface area contributed by atoms with Gasteiger partial charge in [-0.25, -0.2) is 4.79 Å². The molecule has 2 atom stereocenters. The molecule has 42 heavy (non-hydrogen) atoms. The van der Waals surface area contributed by atoms with Crippen LogP contribution in [0.1, 0.15) is 162 Å². The zero-order chi connectivity index (χ0) is 31.3. The first kappa shape index (κ1) is 39.8. The summed E-state index contributed by atoms with van der Waals surface area (Å²) in [7, 11) is 0.